The van der Waals surface area contributed by atoms with E-state index in [-0.39, 0.29) is 5.91 Å². The lowest BCUT2D eigenvalue weighted by atomic mass is 10.1. The summed E-state index contributed by atoms with van der Waals surface area (Å²) in [5.74, 6) is -0.284. The van der Waals surface area contributed by atoms with Gasteiger partial charge in [-0.15, -0.1) is 0 Å². The first-order valence-electron chi connectivity index (χ1n) is 6.44. The molecule has 0 saturated carbocycles. The Morgan fingerprint density at radius 2 is 1.95 bits per heavy atom. The minimum atomic E-state index is -0.284. The molecule has 0 heterocycles. The number of hydrogen-bond donors (Lipinski definition) is 2. The molecule has 1 amide bonds. The average Bonchev–Trinajstić information content (AvgIpc) is 2.48. The van der Waals surface area contributed by atoms with Crippen molar-refractivity contribution in [2.75, 3.05) is 11.9 Å². The van der Waals surface area contributed by atoms with Gasteiger partial charge in [-0.3, -0.25) is 4.79 Å². The zero-order valence-electron chi connectivity index (χ0n) is 11.3. The van der Waals surface area contributed by atoms with Gasteiger partial charge < -0.3 is 11.1 Å². The molecule has 0 fully saturated rings. The van der Waals surface area contributed by atoms with E-state index in [0.717, 1.165) is 12.0 Å². The molecule has 0 radical (unpaired) electrons. The Kier molecular flexibility index (Phi) is 4.94. The number of amides is 1. The van der Waals surface area contributed by atoms with E-state index in [0.29, 0.717) is 28.4 Å². The highest BCUT2D eigenvalue weighted by Gasteiger charge is 2.09. The zero-order chi connectivity index (χ0) is 15.2. The number of rotatable bonds is 4. The van der Waals surface area contributed by atoms with Crippen LogP contribution in [0.25, 0.3) is 0 Å². The van der Waals surface area contributed by atoms with Gasteiger partial charge in [-0.1, -0.05) is 23.7 Å². The quantitative estimate of drug-likeness (QED) is 0.911. The van der Waals surface area contributed by atoms with Crippen LogP contribution in [0.2, 0.25) is 5.02 Å². The SMILES string of the molecule is N#Cc1ccc(Cl)cc1NC(=O)c1ccc(CCN)cc1. The minimum absolute atomic E-state index is 0.284. The van der Waals surface area contributed by atoms with Crippen molar-refractivity contribution in [1.29, 1.82) is 5.26 Å². The van der Waals surface area contributed by atoms with E-state index in [2.05, 4.69) is 5.32 Å². The van der Waals surface area contributed by atoms with E-state index in [1.807, 2.05) is 18.2 Å². The minimum Gasteiger partial charge on any atom is -0.330 e. The van der Waals surface area contributed by atoms with Gasteiger partial charge in [0, 0.05) is 10.6 Å². The second-order valence-electron chi connectivity index (χ2n) is 4.49. The molecule has 0 aliphatic heterocycles. The lowest BCUT2D eigenvalue weighted by molar-refractivity contribution is 0.102. The van der Waals surface area contributed by atoms with Crippen LogP contribution in [0.5, 0.6) is 0 Å². The average molecular weight is 300 g/mol. The maximum atomic E-state index is 12.2. The molecule has 0 atom stereocenters. The van der Waals surface area contributed by atoms with Crippen molar-refractivity contribution in [1.82, 2.24) is 0 Å². The highest BCUT2D eigenvalue weighted by molar-refractivity contribution is 6.31. The molecule has 106 valence electrons. The van der Waals surface area contributed by atoms with Crippen molar-refractivity contribution >= 4 is 23.2 Å². The van der Waals surface area contributed by atoms with Crippen molar-refractivity contribution in [2.24, 2.45) is 5.73 Å². The molecular weight excluding hydrogens is 286 g/mol. The Morgan fingerprint density at radius 1 is 1.24 bits per heavy atom. The van der Waals surface area contributed by atoms with Crippen molar-refractivity contribution in [3.8, 4) is 6.07 Å². The molecule has 0 unspecified atom stereocenters. The van der Waals surface area contributed by atoms with Gasteiger partial charge in [-0.05, 0) is 48.9 Å². The summed E-state index contributed by atoms with van der Waals surface area (Å²) in [6.07, 6.45) is 0.773. The van der Waals surface area contributed by atoms with Crippen molar-refractivity contribution < 1.29 is 4.79 Å². The molecular formula is C16H14ClN3O. The lowest BCUT2D eigenvalue weighted by Crippen LogP contribution is -2.13. The molecule has 2 rings (SSSR count). The van der Waals surface area contributed by atoms with E-state index in [9.17, 15) is 4.79 Å². The van der Waals surface area contributed by atoms with Crippen molar-refractivity contribution in [2.45, 2.75) is 6.42 Å². The van der Waals surface area contributed by atoms with Gasteiger partial charge in [-0.2, -0.15) is 5.26 Å². The van der Waals surface area contributed by atoms with Crippen LogP contribution in [0.15, 0.2) is 42.5 Å². The molecule has 0 bridgehead atoms. The molecule has 4 nitrogen and oxygen atoms in total. The molecule has 5 heteroatoms. The number of anilines is 1. The van der Waals surface area contributed by atoms with Crippen LogP contribution in [0.1, 0.15) is 21.5 Å². The van der Waals surface area contributed by atoms with E-state index in [1.54, 1.807) is 30.3 Å². The summed E-state index contributed by atoms with van der Waals surface area (Å²) >= 11 is 5.89. The molecule has 2 aromatic carbocycles. The van der Waals surface area contributed by atoms with E-state index >= 15 is 0 Å². The highest BCUT2D eigenvalue weighted by Crippen LogP contribution is 2.21. The van der Waals surface area contributed by atoms with Crippen LogP contribution < -0.4 is 11.1 Å². The summed E-state index contributed by atoms with van der Waals surface area (Å²) in [7, 11) is 0. The van der Waals surface area contributed by atoms with Gasteiger partial charge in [0.25, 0.3) is 5.91 Å². The number of nitrogens with two attached hydrogens (primary N) is 1. The van der Waals surface area contributed by atoms with Gasteiger partial charge >= 0.3 is 0 Å². The third-order valence-electron chi connectivity index (χ3n) is 3.00. The van der Waals surface area contributed by atoms with Gasteiger partial charge in [0.15, 0.2) is 0 Å². The molecule has 0 aromatic heterocycles. The summed E-state index contributed by atoms with van der Waals surface area (Å²) in [6, 6.07) is 14.0. The maximum Gasteiger partial charge on any atom is 0.255 e. The molecule has 0 saturated heterocycles. The van der Waals surface area contributed by atoms with Crippen LogP contribution in [-0.2, 0) is 6.42 Å². The van der Waals surface area contributed by atoms with Crippen molar-refractivity contribution in [3.63, 3.8) is 0 Å². The first-order valence-corrected chi connectivity index (χ1v) is 6.82. The molecule has 3 N–H and O–H groups in total. The van der Waals surface area contributed by atoms with Crippen LogP contribution in [0.4, 0.5) is 5.69 Å². The number of hydrogen-bond acceptors (Lipinski definition) is 3. The summed E-state index contributed by atoms with van der Waals surface area (Å²) in [5, 5.41) is 12.2. The Bertz CT molecular complexity index is 690. The summed E-state index contributed by atoms with van der Waals surface area (Å²) in [5.41, 5.74) is 7.85. The van der Waals surface area contributed by atoms with E-state index in [4.69, 9.17) is 22.6 Å². The Labute approximate surface area is 128 Å². The van der Waals surface area contributed by atoms with Crippen LogP contribution in [0, 0.1) is 11.3 Å². The zero-order valence-corrected chi connectivity index (χ0v) is 12.0. The molecule has 21 heavy (non-hydrogen) atoms. The van der Waals surface area contributed by atoms with Crippen molar-refractivity contribution in [3.05, 3.63) is 64.2 Å². The largest absolute Gasteiger partial charge is 0.330 e. The molecule has 0 aliphatic carbocycles. The van der Waals surface area contributed by atoms with Crippen LogP contribution in [-0.4, -0.2) is 12.5 Å². The maximum absolute atomic E-state index is 12.2. The normalized spacial score (nSPS) is 9.95. The monoisotopic (exact) mass is 299 g/mol. The number of nitrogens with zero attached hydrogens (tertiary/aromatic N) is 1. The molecule has 0 aliphatic rings. The number of nitrogens with one attached hydrogen (secondary N) is 1. The number of nitriles is 1. The smallest absolute Gasteiger partial charge is 0.255 e. The molecule has 0 spiro atoms. The second-order valence-corrected chi connectivity index (χ2v) is 4.93. The second kappa shape index (κ2) is 6.89. The number of halogens is 1. The third kappa shape index (κ3) is 3.82. The summed E-state index contributed by atoms with van der Waals surface area (Å²) in [6.45, 7) is 0.569. The number of benzene rings is 2. The van der Waals surface area contributed by atoms with E-state index in [1.165, 1.54) is 0 Å². The first kappa shape index (κ1) is 15.0. The van der Waals surface area contributed by atoms with Gasteiger partial charge in [0.05, 0.1) is 11.3 Å². The Hall–Kier alpha value is -2.35. The third-order valence-corrected chi connectivity index (χ3v) is 3.23. The fourth-order valence-corrected chi connectivity index (χ4v) is 2.07. The highest BCUT2D eigenvalue weighted by atomic mass is 35.5. The predicted octanol–water partition coefficient (Wildman–Crippen LogP) is 2.97. The number of carbonyl (C=O) groups excluding carboxylic acids is 1. The van der Waals surface area contributed by atoms with Gasteiger partial charge in [-0.25, -0.2) is 0 Å². The van der Waals surface area contributed by atoms with E-state index < -0.39 is 0 Å². The Balaban J connectivity index is 2.18. The predicted molar refractivity (Wildman–Crippen MR) is 83.3 cm³/mol. The summed E-state index contributed by atoms with van der Waals surface area (Å²) in [4.78, 5) is 12.2. The standard InChI is InChI=1S/C16H14ClN3O/c17-14-6-5-13(10-19)15(9-14)20-16(21)12-3-1-11(2-4-12)7-8-18/h1-6,9H,7-8,18H2,(H,20,21). The first-order chi connectivity index (χ1) is 10.1. The topological polar surface area (TPSA) is 78.9 Å². The van der Waals surface area contributed by atoms with Gasteiger partial charge in [0.2, 0.25) is 0 Å². The lowest BCUT2D eigenvalue weighted by Gasteiger charge is -2.08. The molecule has 2 aromatic rings. The Morgan fingerprint density at radius 3 is 2.57 bits per heavy atom. The fraction of sp³-hybridized carbons (Fsp3) is 0.125. The number of carbonyl (C=O) groups is 1. The fourth-order valence-electron chi connectivity index (χ4n) is 1.90. The van der Waals surface area contributed by atoms with Gasteiger partial charge in [0.1, 0.15) is 6.07 Å². The van der Waals surface area contributed by atoms with Crippen LogP contribution >= 0.6 is 11.6 Å². The van der Waals surface area contributed by atoms with Crippen LogP contribution in [0.3, 0.4) is 0 Å². The summed E-state index contributed by atoms with van der Waals surface area (Å²) < 4.78 is 0.